The van der Waals surface area contributed by atoms with Crippen LogP contribution in [-0.2, 0) is 0 Å². The second-order valence-electron chi connectivity index (χ2n) is 17.4. The third-order valence-electron chi connectivity index (χ3n) is 13.3. The summed E-state index contributed by atoms with van der Waals surface area (Å²) < 4.78 is 2.48. The Morgan fingerprint density at radius 3 is 1.19 bits per heavy atom. The molecule has 0 spiro atoms. The van der Waals surface area contributed by atoms with Crippen molar-refractivity contribution in [2.24, 2.45) is 0 Å². The summed E-state index contributed by atoms with van der Waals surface area (Å²) in [7, 11) is 0. The molecule has 0 fully saturated rings. The van der Waals surface area contributed by atoms with Crippen molar-refractivity contribution in [3.8, 4) is 0 Å². The van der Waals surface area contributed by atoms with Gasteiger partial charge in [0, 0.05) is 59.7 Å². The summed E-state index contributed by atoms with van der Waals surface area (Å²) in [4.78, 5) is 7.21. The van der Waals surface area contributed by atoms with Crippen LogP contribution in [0.5, 0.6) is 0 Å². The van der Waals surface area contributed by atoms with Gasteiger partial charge < -0.3 is 14.7 Å². The van der Waals surface area contributed by atoms with Crippen molar-refractivity contribution in [3.63, 3.8) is 0 Å². The van der Waals surface area contributed by atoms with E-state index in [0.717, 1.165) is 51.2 Å². The Labute approximate surface area is 414 Å². The molecule has 70 heavy (non-hydrogen) atoms. The number of hydrogen-bond donors (Lipinski definition) is 0. The summed E-state index contributed by atoms with van der Waals surface area (Å²) in [6.45, 7) is -2.20. The topological polar surface area (TPSA) is 9.72 Å². The zero-order valence-electron chi connectivity index (χ0n) is 38.5. The smallest absolute Gasteiger partial charge is 0.0702 e. The molecule has 1 aromatic heterocycles. The largest absolute Gasteiger partial charge is 0.310 e. The maximum atomic E-state index is 5.06. The van der Waals surface area contributed by atoms with Gasteiger partial charge in [0.15, 0.2) is 0 Å². The highest BCUT2D eigenvalue weighted by Gasteiger charge is 2.27. The Balaban J connectivity index is 1.04. The molecule has 0 radical (unpaired) electrons. The maximum absolute atomic E-state index is 5.06. The van der Waals surface area contributed by atoms with Gasteiger partial charge in [-0.2, -0.15) is 0 Å². The standard InChI is InChI=1S/C65H48N3PS/c1-69(54-32-16-6-17-33-54,55-34-18-7-19-35-55)56-43-40-52(41-44-56)67(50-28-12-4-13-29-50)60-38-22-23-39-61(60)68(51-30-14-5-15-31-51)62-47-64-65(58-37-21-20-36-57(58)62)59-46-53(42-45-63(59)70-64)66(48-24-8-2-9-25-48)49-26-10-3-11-27-49/h2-47H,1H2. The number of anilines is 9. The number of thiophene rings is 1. The van der Waals surface area contributed by atoms with Crippen LogP contribution in [0.4, 0.5) is 51.2 Å². The summed E-state index contributed by atoms with van der Waals surface area (Å²) in [5, 5.41) is 8.64. The van der Waals surface area contributed by atoms with Crippen molar-refractivity contribution in [3.05, 3.63) is 279 Å². The molecule has 0 atom stereocenters. The second-order valence-corrected chi connectivity index (χ2v) is 21.7. The Hall–Kier alpha value is -8.40. The first kappa shape index (κ1) is 42.9. The SMILES string of the molecule is C=P(c1ccccc1)(c1ccccc1)c1ccc(N(c2ccccc2)c2ccccc2N(c2ccccc2)c2cc3sc4ccc(N(c5ccccc5)c5ccccc5)cc4c3c3ccccc23)cc1. The van der Waals surface area contributed by atoms with Crippen LogP contribution in [0.25, 0.3) is 30.9 Å². The van der Waals surface area contributed by atoms with Gasteiger partial charge in [0.1, 0.15) is 0 Å². The van der Waals surface area contributed by atoms with Gasteiger partial charge in [-0.15, -0.1) is 11.3 Å². The molecule has 0 bridgehead atoms. The van der Waals surface area contributed by atoms with E-state index in [1.165, 1.54) is 46.9 Å². The molecule has 0 amide bonds. The number of nitrogens with zero attached hydrogens (tertiary/aromatic N) is 3. The molecular formula is C65H48N3PS. The molecule has 0 saturated carbocycles. The number of benzene rings is 11. The van der Waals surface area contributed by atoms with E-state index >= 15 is 0 Å². The monoisotopic (exact) mass is 933 g/mol. The summed E-state index contributed by atoms with van der Waals surface area (Å²) in [5.41, 5.74) is 9.79. The van der Waals surface area contributed by atoms with Gasteiger partial charge in [-0.1, -0.05) is 188 Å². The van der Waals surface area contributed by atoms with Gasteiger partial charge in [-0.3, -0.25) is 0 Å². The summed E-state index contributed by atoms with van der Waals surface area (Å²) in [6.07, 6.45) is 5.06. The van der Waals surface area contributed by atoms with Crippen LogP contribution in [0.2, 0.25) is 0 Å². The van der Waals surface area contributed by atoms with Gasteiger partial charge in [0.2, 0.25) is 0 Å². The predicted molar refractivity (Wildman–Crippen MR) is 307 cm³/mol. The van der Waals surface area contributed by atoms with E-state index in [-0.39, 0.29) is 0 Å². The summed E-state index contributed by atoms with van der Waals surface area (Å²) >= 11 is 1.86. The molecule has 0 aliphatic carbocycles. The third kappa shape index (κ3) is 7.74. The molecule has 11 aromatic carbocycles. The fourth-order valence-electron chi connectivity index (χ4n) is 10.0. The lowest BCUT2D eigenvalue weighted by Crippen LogP contribution is -2.25. The molecule has 12 aromatic rings. The van der Waals surface area contributed by atoms with E-state index in [1.807, 2.05) is 11.3 Å². The molecule has 0 saturated heterocycles. The number of para-hydroxylation sites is 6. The highest BCUT2D eigenvalue weighted by Crippen LogP contribution is 2.51. The minimum absolute atomic E-state index is 1.05. The van der Waals surface area contributed by atoms with Crippen LogP contribution < -0.4 is 30.6 Å². The molecule has 334 valence electrons. The van der Waals surface area contributed by atoms with E-state index in [1.54, 1.807) is 0 Å². The molecule has 3 nitrogen and oxygen atoms in total. The molecule has 12 rings (SSSR count). The van der Waals surface area contributed by atoms with Gasteiger partial charge in [0.25, 0.3) is 0 Å². The lowest BCUT2D eigenvalue weighted by molar-refractivity contribution is 1.23. The average molecular weight is 934 g/mol. The van der Waals surface area contributed by atoms with Crippen molar-refractivity contribution in [2.45, 2.75) is 0 Å². The Morgan fingerprint density at radius 2 is 0.657 bits per heavy atom. The summed E-state index contributed by atoms with van der Waals surface area (Å²) in [6, 6.07) is 101. The minimum Gasteiger partial charge on any atom is -0.310 e. The number of hydrogen-bond acceptors (Lipinski definition) is 4. The second kappa shape index (κ2) is 18.6. The first-order valence-electron chi connectivity index (χ1n) is 23.7. The quantitative estimate of drug-likeness (QED) is 0.113. The fourth-order valence-corrected chi connectivity index (χ4v) is 14.1. The Morgan fingerprint density at radius 1 is 0.271 bits per heavy atom. The van der Waals surface area contributed by atoms with Crippen LogP contribution >= 0.6 is 18.2 Å². The first-order chi connectivity index (χ1) is 34.6. The zero-order valence-corrected chi connectivity index (χ0v) is 40.2. The van der Waals surface area contributed by atoms with Crippen molar-refractivity contribution in [2.75, 3.05) is 14.7 Å². The first-order valence-corrected chi connectivity index (χ1v) is 26.5. The van der Waals surface area contributed by atoms with Crippen molar-refractivity contribution >= 4 is 123 Å². The molecule has 0 aliphatic rings. The Kier molecular flexibility index (Phi) is 11.4. The van der Waals surface area contributed by atoms with Gasteiger partial charge in [-0.05, 0) is 125 Å². The highest BCUT2D eigenvalue weighted by molar-refractivity contribution is 7.93. The molecule has 1 heterocycles. The van der Waals surface area contributed by atoms with E-state index in [0.29, 0.717) is 0 Å². The normalized spacial score (nSPS) is 11.5. The van der Waals surface area contributed by atoms with Gasteiger partial charge in [-0.25, -0.2) is 0 Å². The molecule has 5 heteroatoms. The van der Waals surface area contributed by atoms with E-state index in [9.17, 15) is 0 Å². The zero-order chi connectivity index (χ0) is 46.9. The van der Waals surface area contributed by atoms with Crippen LogP contribution in [0, 0.1) is 0 Å². The lowest BCUT2D eigenvalue weighted by Gasteiger charge is -2.34. The summed E-state index contributed by atoms with van der Waals surface area (Å²) in [5.74, 6) is 0. The van der Waals surface area contributed by atoms with Crippen LogP contribution in [0.15, 0.2) is 279 Å². The average Bonchev–Trinajstić information content (AvgIpc) is 3.81. The number of fused-ring (bicyclic) bond motifs is 5. The van der Waals surface area contributed by atoms with E-state index in [4.69, 9.17) is 6.30 Å². The molecule has 0 N–H and O–H groups in total. The van der Waals surface area contributed by atoms with Gasteiger partial charge >= 0.3 is 0 Å². The fraction of sp³-hybridized carbons (Fsp3) is 0. The van der Waals surface area contributed by atoms with Crippen molar-refractivity contribution < 1.29 is 0 Å². The van der Waals surface area contributed by atoms with Crippen LogP contribution in [-0.4, -0.2) is 6.30 Å². The molecular weight excluding hydrogens is 886 g/mol. The molecule has 0 unspecified atom stereocenters. The Bertz CT molecular complexity index is 3710. The van der Waals surface area contributed by atoms with E-state index in [2.05, 4.69) is 294 Å². The molecule has 0 aliphatic heterocycles. The highest BCUT2D eigenvalue weighted by atomic mass is 32.1. The third-order valence-corrected chi connectivity index (χ3v) is 18.0. The predicted octanol–water partition coefficient (Wildman–Crippen LogP) is 17.3. The van der Waals surface area contributed by atoms with Crippen LogP contribution in [0.3, 0.4) is 0 Å². The number of rotatable bonds is 12. The van der Waals surface area contributed by atoms with Crippen LogP contribution in [0.1, 0.15) is 0 Å². The lowest BCUT2D eigenvalue weighted by atomic mass is 10.00. The van der Waals surface area contributed by atoms with Crippen molar-refractivity contribution in [1.82, 2.24) is 0 Å². The minimum atomic E-state index is -2.20. The van der Waals surface area contributed by atoms with Crippen molar-refractivity contribution in [1.29, 1.82) is 0 Å². The van der Waals surface area contributed by atoms with E-state index < -0.39 is 6.89 Å². The van der Waals surface area contributed by atoms with Gasteiger partial charge in [0.05, 0.1) is 17.1 Å². The maximum Gasteiger partial charge on any atom is 0.0702 e.